The number of nitrogens with zero attached hydrogens (tertiary/aromatic N) is 3. The minimum atomic E-state index is 0.796. The molecule has 0 unspecified atom stereocenters. The first-order valence-corrected chi connectivity index (χ1v) is 6.12. The van der Waals surface area contributed by atoms with E-state index in [0.717, 1.165) is 22.2 Å². The molecule has 2 aromatic heterocycles. The smallest absolute Gasteiger partial charge is 0.177 e. The Kier molecular flexibility index (Phi) is 2.65. The fourth-order valence-corrected chi connectivity index (χ4v) is 2.08. The average Bonchev–Trinajstić information content (AvgIpc) is 2.76. The summed E-state index contributed by atoms with van der Waals surface area (Å²) in [4.78, 5) is 8.49. The van der Waals surface area contributed by atoms with E-state index in [1.807, 2.05) is 30.6 Å². The topological polar surface area (TPSA) is 30.7 Å². The van der Waals surface area contributed by atoms with Gasteiger partial charge in [0.15, 0.2) is 5.65 Å². The van der Waals surface area contributed by atoms with E-state index in [0.29, 0.717) is 0 Å². The molecule has 0 saturated heterocycles. The molecule has 0 saturated carbocycles. The Morgan fingerprint density at radius 1 is 1.06 bits per heavy atom. The van der Waals surface area contributed by atoms with Gasteiger partial charge in [0.25, 0.3) is 0 Å². The number of rotatable bonds is 2. The summed E-state index contributed by atoms with van der Waals surface area (Å²) in [7, 11) is 0. The van der Waals surface area contributed by atoms with E-state index >= 15 is 0 Å². The first-order chi connectivity index (χ1) is 8.33. The van der Waals surface area contributed by atoms with E-state index in [9.17, 15) is 0 Å². The number of aromatic nitrogens is 3. The molecular formula is C13H10BrN3. The number of halogens is 1. The lowest BCUT2D eigenvalue weighted by Gasteiger charge is -2.04. The molecule has 2 heterocycles. The van der Waals surface area contributed by atoms with Crippen LogP contribution in [0.4, 0.5) is 0 Å². The molecule has 0 N–H and O–H groups in total. The minimum absolute atomic E-state index is 0.796. The predicted octanol–water partition coefficient (Wildman–Crippen LogP) is 3.24. The predicted molar refractivity (Wildman–Crippen MR) is 70.8 cm³/mol. The van der Waals surface area contributed by atoms with E-state index in [1.54, 1.807) is 6.20 Å². The second-order valence-corrected chi connectivity index (χ2v) is 4.76. The van der Waals surface area contributed by atoms with Gasteiger partial charge in [-0.25, -0.2) is 9.97 Å². The highest BCUT2D eigenvalue weighted by atomic mass is 79.9. The van der Waals surface area contributed by atoms with Gasteiger partial charge < -0.3 is 4.57 Å². The number of benzene rings is 1. The highest BCUT2D eigenvalue weighted by Crippen LogP contribution is 2.14. The SMILES string of the molecule is Brc1ccc(Cn2cnc3ncccc32)cc1. The molecule has 0 aliphatic carbocycles. The Labute approximate surface area is 107 Å². The van der Waals surface area contributed by atoms with Gasteiger partial charge in [-0.2, -0.15) is 0 Å². The Balaban J connectivity index is 1.97. The van der Waals surface area contributed by atoms with Crippen molar-refractivity contribution < 1.29 is 0 Å². The van der Waals surface area contributed by atoms with E-state index in [4.69, 9.17) is 0 Å². The molecule has 0 fully saturated rings. The van der Waals surface area contributed by atoms with E-state index in [2.05, 4.69) is 42.6 Å². The zero-order valence-electron chi connectivity index (χ0n) is 9.05. The normalized spacial score (nSPS) is 10.9. The Morgan fingerprint density at radius 3 is 2.71 bits per heavy atom. The van der Waals surface area contributed by atoms with Crippen molar-refractivity contribution in [3.63, 3.8) is 0 Å². The van der Waals surface area contributed by atoms with Crippen molar-refractivity contribution >= 4 is 27.1 Å². The summed E-state index contributed by atoms with van der Waals surface area (Å²) in [5.41, 5.74) is 3.11. The van der Waals surface area contributed by atoms with E-state index in [1.165, 1.54) is 5.56 Å². The largest absolute Gasteiger partial charge is 0.325 e. The van der Waals surface area contributed by atoms with Crippen LogP contribution in [-0.4, -0.2) is 14.5 Å². The molecule has 0 atom stereocenters. The molecule has 17 heavy (non-hydrogen) atoms. The number of pyridine rings is 1. The zero-order chi connectivity index (χ0) is 11.7. The Morgan fingerprint density at radius 2 is 1.88 bits per heavy atom. The van der Waals surface area contributed by atoms with Gasteiger partial charge in [-0.1, -0.05) is 28.1 Å². The van der Waals surface area contributed by atoms with Gasteiger partial charge in [-0.15, -0.1) is 0 Å². The summed E-state index contributed by atoms with van der Waals surface area (Å²) < 4.78 is 3.20. The van der Waals surface area contributed by atoms with Gasteiger partial charge in [-0.05, 0) is 29.8 Å². The molecular weight excluding hydrogens is 278 g/mol. The lowest BCUT2D eigenvalue weighted by Crippen LogP contribution is -1.97. The summed E-state index contributed by atoms with van der Waals surface area (Å²) in [5, 5.41) is 0. The molecule has 3 rings (SSSR count). The molecule has 3 aromatic rings. The van der Waals surface area contributed by atoms with Crippen molar-refractivity contribution in [2.75, 3.05) is 0 Å². The van der Waals surface area contributed by atoms with Gasteiger partial charge in [-0.3, -0.25) is 0 Å². The number of hydrogen-bond donors (Lipinski definition) is 0. The fraction of sp³-hybridized carbons (Fsp3) is 0.0769. The third-order valence-corrected chi connectivity index (χ3v) is 3.19. The van der Waals surface area contributed by atoms with Gasteiger partial charge in [0.1, 0.15) is 0 Å². The molecule has 0 aliphatic rings. The van der Waals surface area contributed by atoms with Crippen LogP contribution in [-0.2, 0) is 6.54 Å². The van der Waals surface area contributed by atoms with Crippen LogP contribution < -0.4 is 0 Å². The molecule has 3 nitrogen and oxygen atoms in total. The van der Waals surface area contributed by atoms with Crippen molar-refractivity contribution in [1.29, 1.82) is 0 Å². The summed E-state index contributed by atoms with van der Waals surface area (Å²) in [6.07, 6.45) is 3.60. The van der Waals surface area contributed by atoms with Crippen molar-refractivity contribution in [3.8, 4) is 0 Å². The molecule has 0 radical (unpaired) electrons. The standard InChI is InChI=1S/C13H10BrN3/c14-11-5-3-10(4-6-11)8-17-9-16-13-12(17)2-1-7-15-13/h1-7,9H,8H2. The highest BCUT2D eigenvalue weighted by Gasteiger charge is 2.02. The Hall–Kier alpha value is -1.68. The zero-order valence-corrected chi connectivity index (χ0v) is 10.6. The Bertz CT molecular complexity index is 643. The van der Waals surface area contributed by atoms with Crippen LogP contribution in [0.1, 0.15) is 5.56 Å². The molecule has 4 heteroatoms. The molecule has 0 bridgehead atoms. The second kappa shape index (κ2) is 4.30. The van der Waals surface area contributed by atoms with Crippen LogP contribution in [0.5, 0.6) is 0 Å². The van der Waals surface area contributed by atoms with Gasteiger partial charge in [0.05, 0.1) is 11.8 Å². The minimum Gasteiger partial charge on any atom is -0.325 e. The third kappa shape index (κ3) is 2.08. The summed E-state index contributed by atoms with van der Waals surface area (Å²) in [6.45, 7) is 0.815. The van der Waals surface area contributed by atoms with E-state index in [-0.39, 0.29) is 0 Å². The van der Waals surface area contributed by atoms with Crippen molar-refractivity contribution in [2.24, 2.45) is 0 Å². The van der Waals surface area contributed by atoms with Crippen LogP contribution in [0.25, 0.3) is 11.2 Å². The van der Waals surface area contributed by atoms with E-state index < -0.39 is 0 Å². The fourth-order valence-electron chi connectivity index (χ4n) is 1.81. The maximum atomic E-state index is 4.27. The average molecular weight is 288 g/mol. The molecule has 0 amide bonds. The van der Waals surface area contributed by atoms with Crippen LogP contribution in [0, 0.1) is 0 Å². The quantitative estimate of drug-likeness (QED) is 0.724. The van der Waals surface area contributed by atoms with Crippen molar-refractivity contribution in [1.82, 2.24) is 14.5 Å². The monoisotopic (exact) mass is 287 g/mol. The summed E-state index contributed by atoms with van der Waals surface area (Å²) in [5.74, 6) is 0. The summed E-state index contributed by atoms with van der Waals surface area (Å²) in [6, 6.07) is 12.3. The van der Waals surface area contributed by atoms with Crippen molar-refractivity contribution in [2.45, 2.75) is 6.54 Å². The first kappa shape index (κ1) is 10.5. The number of hydrogen-bond acceptors (Lipinski definition) is 2. The lowest BCUT2D eigenvalue weighted by atomic mass is 10.2. The van der Waals surface area contributed by atoms with Crippen LogP contribution in [0.15, 0.2) is 53.4 Å². The van der Waals surface area contributed by atoms with Crippen LogP contribution in [0.2, 0.25) is 0 Å². The van der Waals surface area contributed by atoms with Crippen molar-refractivity contribution in [3.05, 3.63) is 59.0 Å². The third-order valence-electron chi connectivity index (χ3n) is 2.66. The number of fused-ring (bicyclic) bond motifs is 1. The van der Waals surface area contributed by atoms with Gasteiger partial charge in [0, 0.05) is 17.2 Å². The maximum absolute atomic E-state index is 4.27. The summed E-state index contributed by atoms with van der Waals surface area (Å²) >= 11 is 3.43. The van der Waals surface area contributed by atoms with Crippen LogP contribution >= 0.6 is 15.9 Å². The lowest BCUT2D eigenvalue weighted by molar-refractivity contribution is 0.824. The van der Waals surface area contributed by atoms with Gasteiger partial charge in [0.2, 0.25) is 0 Å². The van der Waals surface area contributed by atoms with Gasteiger partial charge >= 0.3 is 0 Å². The number of imidazole rings is 1. The molecule has 1 aromatic carbocycles. The van der Waals surface area contributed by atoms with Crippen LogP contribution in [0.3, 0.4) is 0 Å². The molecule has 0 spiro atoms. The second-order valence-electron chi connectivity index (χ2n) is 3.85. The molecule has 84 valence electrons. The molecule has 0 aliphatic heterocycles. The maximum Gasteiger partial charge on any atom is 0.177 e. The first-order valence-electron chi connectivity index (χ1n) is 5.33. The highest BCUT2D eigenvalue weighted by molar-refractivity contribution is 9.10.